The van der Waals surface area contributed by atoms with Crippen molar-refractivity contribution in [3.63, 3.8) is 0 Å². The number of anilines is 1. The molecule has 0 saturated heterocycles. The third kappa shape index (κ3) is 4.87. The molecule has 2 rings (SSSR count). The van der Waals surface area contributed by atoms with Gasteiger partial charge in [0.2, 0.25) is 5.91 Å². The lowest BCUT2D eigenvalue weighted by Gasteiger charge is -2.20. The molecule has 0 bridgehead atoms. The molecule has 5 nitrogen and oxygen atoms in total. The van der Waals surface area contributed by atoms with Crippen LogP contribution in [0.15, 0.2) is 42.5 Å². The summed E-state index contributed by atoms with van der Waals surface area (Å²) in [6.45, 7) is -1.67. The first-order chi connectivity index (χ1) is 11.3. The first kappa shape index (κ1) is 17.6. The minimum Gasteiger partial charge on any atom is -0.365 e. The Labute approximate surface area is 136 Å². The van der Waals surface area contributed by atoms with Gasteiger partial charge in [-0.05, 0) is 11.5 Å². The number of carbonyl (C=O) groups is 2. The highest BCUT2D eigenvalue weighted by molar-refractivity contribution is 5.99. The van der Waals surface area contributed by atoms with Crippen LogP contribution in [0.4, 0.5) is 23.7 Å². The number of rotatable bonds is 4. The number of alkyl halides is 3. The highest BCUT2D eigenvalue weighted by Crippen LogP contribution is 2.25. The number of benzene rings is 2. The first-order valence-electron chi connectivity index (χ1n) is 7.09. The van der Waals surface area contributed by atoms with Gasteiger partial charge in [-0.3, -0.25) is 10.1 Å². The smallest absolute Gasteiger partial charge is 0.365 e. The Morgan fingerprint density at radius 1 is 1.08 bits per heavy atom. The summed E-state index contributed by atoms with van der Waals surface area (Å²) in [5.41, 5.74) is 0.777. The summed E-state index contributed by atoms with van der Waals surface area (Å²) in [7, 11) is 1.66. The molecule has 0 aliphatic heterocycles. The minimum absolute atomic E-state index is 0.173. The predicted molar refractivity (Wildman–Crippen MR) is 84.8 cm³/mol. The van der Waals surface area contributed by atoms with Gasteiger partial charge in [0, 0.05) is 18.1 Å². The Morgan fingerprint density at radius 2 is 1.75 bits per heavy atom. The molecule has 0 atom stereocenters. The van der Waals surface area contributed by atoms with E-state index in [2.05, 4.69) is 0 Å². The Kier molecular flexibility index (Phi) is 5.28. The van der Waals surface area contributed by atoms with Crippen LogP contribution in [-0.4, -0.2) is 38.3 Å². The highest BCUT2D eigenvalue weighted by Gasteiger charge is 2.28. The van der Waals surface area contributed by atoms with Crippen molar-refractivity contribution in [1.82, 2.24) is 10.6 Å². The van der Waals surface area contributed by atoms with Gasteiger partial charge in [-0.25, -0.2) is 4.79 Å². The molecule has 0 aliphatic rings. The van der Waals surface area contributed by atoms with Crippen molar-refractivity contribution < 1.29 is 22.8 Å². The molecule has 0 aromatic heterocycles. The van der Waals surface area contributed by atoms with Crippen molar-refractivity contribution in [2.45, 2.75) is 6.18 Å². The normalized spacial score (nSPS) is 11.2. The Morgan fingerprint density at radius 3 is 2.46 bits per heavy atom. The topological polar surface area (TPSA) is 61.4 Å². The highest BCUT2D eigenvalue weighted by atomic mass is 19.4. The van der Waals surface area contributed by atoms with Crippen molar-refractivity contribution in [3.8, 4) is 0 Å². The maximum absolute atomic E-state index is 12.0. The van der Waals surface area contributed by atoms with E-state index in [0.717, 1.165) is 16.5 Å². The fraction of sp³-hybridized carbons (Fsp3) is 0.250. The van der Waals surface area contributed by atoms with Crippen molar-refractivity contribution in [2.75, 3.05) is 25.0 Å². The Bertz CT molecular complexity index is 741. The largest absolute Gasteiger partial charge is 0.405 e. The number of carbonyl (C=O) groups excluding carboxylic acids is 2. The monoisotopic (exact) mass is 339 g/mol. The van der Waals surface area contributed by atoms with Crippen LogP contribution < -0.4 is 15.5 Å². The lowest BCUT2D eigenvalue weighted by atomic mass is 10.1. The number of nitrogens with zero attached hydrogens (tertiary/aromatic N) is 1. The molecular formula is C16H16F3N3O2. The van der Waals surface area contributed by atoms with Gasteiger partial charge in [0.1, 0.15) is 6.54 Å². The van der Waals surface area contributed by atoms with Crippen molar-refractivity contribution in [2.24, 2.45) is 0 Å². The van der Waals surface area contributed by atoms with Gasteiger partial charge in [0.15, 0.2) is 0 Å². The molecule has 0 unspecified atom stereocenters. The summed E-state index contributed by atoms with van der Waals surface area (Å²) in [6.07, 6.45) is -4.53. The number of urea groups is 1. The van der Waals surface area contributed by atoms with Gasteiger partial charge in [0.05, 0.1) is 6.54 Å². The van der Waals surface area contributed by atoms with Gasteiger partial charge in [-0.2, -0.15) is 13.2 Å². The van der Waals surface area contributed by atoms with E-state index in [9.17, 15) is 22.8 Å². The molecule has 0 radical (unpaired) electrons. The van der Waals surface area contributed by atoms with Crippen LogP contribution in [0, 0.1) is 0 Å². The van der Waals surface area contributed by atoms with E-state index in [4.69, 9.17) is 0 Å². The van der Waals surface area contributed by atoms with E-state index in [1.54, 1.807) is 17.3 Å². The fourth-order valence-electron chi connectivity index (χ4n) is 2.23. The molecule has 0 fully saturated rings. The molecule has 0 saturated carbocycles. The molecule has 2 aromatic rings. The summed E-state index contributed by atoms with van der Waals surface area (Å²) in [5, 5.41) is 5.37. The summed E-state index contributed by atoms with van der Waals surface area (Å²) >= 11 is 0. The zero-order valence-electron chi connectivity index (χ0n) is 12.9. The van der Waals surface area contributed by atoms with Crippen LogP contribution in [0.25, 0.3) is 10.8 Å². The van der Waals surface area contributed by atoms with E-state index < -0.39 is 24.7 Å². The third-order valence-corrected chi connectivity index (χ3v) is 3.26. The maximum atomic E-state index is 12.0. The molecule has 0 aliphatic carbocycles. The third-order valence-electron chi connectivity index (χ3n) is 3.26. The number of hydrogen-bond acceptors (Lipinski definition) is 3. The number of likely N-dealkylation sites (N-methyl/N-ethyl adjacent to an activating group) is 1. The van der Waals surface area contributed by atoms with Crippen molar-refractivity contribution in [3.05, 3.63) is 42.5 Å². The second-order valence-corrected chi connectivity index (χ2v) is 5.20. The van der Waals surface area contributed by atoms with Crippen LogP contribution in [0.1, 0.15) is 0 Å². The fourth-order valence-corrected chi connectivity index (χ4v) is 2.23. The quantitative estimate of drug-likeness (QED) is 0.900. The van der Waals surface area contributed by atoms with E-state index >= 15 is 0 Å². The van der Waals surface area contributed by atoms with Crippen LogP contribution in [0.5, 0.6) is 0 Å². The number of imide groups is 1. The summed E-state index contributed by atoms with van der Waals surface area (Å²) in [4.78, 5) is 24.7. The zero-order chi connectivity index (χ0) is 17.7. The maximum Gasteiger partial charge on any atom is 0.405 e. The molecule has 2 N–H and O–H groups in total. The molecule has 2 aromatic carbocycles. The van der Waals surface area contributed by atoms with Gasteiger partial charge in [-0.15, -0.1) is 0 Å². The SMILES string of the molecule is CN(CC(=O)NC(=O)NCC(F)(F)F)c1cccc2ccccc12. The van der Waals surface area contributed by atoms with Crippen LogP contribution >= 0.6 is 0 Å². The molecule has 24 heavy (non-hydrogen) atoms. The molecule has 0 heterocycles. The van der Waals surface area contributed by atoms with Gasteiger partial charge in [0.25, 0.3) is 0 Å². The second-order valence-electron chi connectivity index (χ2n) is 5.20. The number of nitrogens with one attached hydrogen (secondary N) is 2. The first-order valence-corrected chi connectivity index (χ1v) is 7.09. The molecule has 0 spiro atoms. The lowest BCUT2D eigenvalue weighted by Crippen LogP contribution is -2.46. The van der Waals surface area contributed by atoms with Crippen LogP contribution in [0.2, 0.25) is 0 Å². The summed E-state index contributed by atoms with van der Waals surface area (Å²) in [6, 6.07) is 12.0. The number of fused-ring (bicyclic) bond motifs is 1. The van der Waals surface area contributed by atoms with Gasteiger partial charge in [-0.1, -0.05) is 36.4 Å². The Balaban J connectivity index is 1.97. The van der Waals surface area contributed by atoms with E-state index in [0.29, 0.717) is 0 Å². The lowest BCUT2D eigenvalue weighted by molar-refractivity contribution is -0.124. The average Bonchev–Trinajstić information content (AvgIpc) is 2.51. The van der Waals surface area contributed by atoms with Crippen LogP contribution in [-0.2, 0) is 4.79 Å². The standard InChI is InChI=1S/C16H16F3N3O2/c1-22(9-14(23)21-15(24)20-10-16(17,18)19)13-8-4-6-11-5-2-3-7-12(11)13/h2-8H,9-10H2,1H3,(H2,20,21,23,24). The van der Waals surface area contributed by atoms with E-state index in [-0.39, 0.29) is 6.54 Å². The zero-order valence-corrected chi connectivity index (χ0v) is 12.9. The second kappa shape index (κ2) is 7.20. The van der Waals surface area contributed by atoms with E-state index in [1.165, 1.54) is 0 Å². The van der Waals surface area contributed by atoms with Gasteiger partial charge >= 0.3 is 12.2 Å². The Hall–Kier alpha value is -2.77. The number of halogens is 3. The van der Waals surface area contributed by atoms with Crippen molar-refractivity contribution >= 4 is 28.4 Å². The number of hydrogen-bond donors (Lipinski definition) is 2. The summed E-state index contributed by atoms with van der Waals surface area (Å²) in [5.74, 6) is -0.704. The number of amides is 3. The minimum atomic E-state index is -4.53. The molecular weight excluding hydrogens is 323 g/mol. The molecule has 3 amide bonds. The van der Waals surface area contributed by atoms with Crippen LogP contribution in [0.3, 0.4) is 0 Å². The molecule has 8 heteroatoms. The predicted octanol–water partition coefficient (Wildman–Crippen LogP) is 2.66. The average molecular weight is 339 g/mol. The van der Waals surface area contributed by atoms with E-state index in [1.807, 2.05) is 47.8 Å². The summed E-state index contributed by atoms with van der Waals surface area (Å²) < 4.78 is 36.0. The molecule has 128 valence electrons. The van der Waals surface area contributed by atoms with Crippen molar-refractivity contribution in [1.29, 1.82) is 0 Å². The van der Waals surface area contributed by atoms with Gasteiger partial charge < -0.3 is 10.2 Å².